The van der Waals surface area contributed by atoms with E-state index in [2.05, 4.69) is 37.9 Å². The molecule has 1 atom stereocenters. The van der Waals surface area contributed by atoms with Crippen molar-refractivity contribution in [2.75, 3.05) is 18.0 Å². The molecule has 1 aromatic heterocycles. The van der Waals surface area contributed by atoms with Gasteiger partial charge in [-0.3, -0.25) is 4.79 Å². The van der Waals surface area contributed by atoms with E-state index in [1.165, 1.54) is 6.92 Å². The summed E-state index contributed by atoms with van der Waals surface area (Å²) < 4.78 is 5.98. The number of aromatic nitrogens is 1. The van der Waals surface area contributed by atoms with Crippen LogP contribution in [0.5, 0.6) is 5.75 Å². The van der Waals surface area contributed by atoms with Crippen molar-refractivity contribution in [3.63, 3.8) is 0 Å². The third kappa shape index (κ3) is 3.65. The van der Waals surface area contributed by atoms with Crippen molar-refractivity contribution in [1.29, 1.82) is 0 Å². The molecule has 2 rings (SSSR count). The van der Waals surface area contributed by atoms with Gasteiger partial charge in [-0.2, -0.15) is 0 Å². The number of carbonyl (C=O) groups excluding carboxylic acids is 1. The van der Waals surface area contributed by atoms with E-state index in [0.717, 1.165) is 23.8 Å². The summed E-state index contributed by atoms with van der Waals surface area (Å²) in [7, 11) is 0. The molecule has 1 aromatic rings. The zero-order valence-corrected chi connectivity index (χ0v) is 13.5. The first-order chi connectivity index (χ1) is 9.88. The van der Waals surface area contributed by atoms with Gasteiger partial charge in [-0.1, -0.05) is 13.8 Å². The Bertz CT molecular complexity index is 514. The van der Waals surface area contributed by atoms with E-state index in [1.54, 1.807) is 0 Å². The van der Waals surface area contributed by atoms with Crippen LogP contribution in [0.3, 0.4) is 0 Å². The molecule has 0 saturated carbocycles. The van der Waals surface area contributed by atoms with Crippen LogP contribution in [-0.4, -0.2) is 36.1 Å². The van der Waals surface area contributed by atoms with Crippen LogP contribution in [-0.2, 0) is 4.79 Å². The second-order valence-electron chi connectivity index (χ2n) is 6.14. The van der Waals surface area contributed by atoms with Crippen molar-refractivity contribution < 1.29 is 9.53 Å². The Morgan fingerprint density at radius 1 is 1.43 bits per heavy atom. The number of rotatable bonds is 4. The first-order valence-electron chi connectivity index (χ1n) is 7.57. The predicted molar refractivity (Wildman–Crippen MR) is 83.9 cm³/mol. The topological polar surface area (TPSA) is 54.5 Å². The average Bonchev–Trinajstić information content (AvgIpc) is 2.43. The number of nitrogens with one attached hydrogen (secondary N) is 1. The van der Waals surface area contributed by atoms with Crippen LogP contribution in [0.1, 0.15) is 46.2 Å². The van der Waals surface area contributed by atoms with Gasteiger partial charge in [0.2, 0.25) is 5.91 Å². The van der Waals surface area contributed by atoms with Crippen LogP contribution in [0.25, 0.3) is 0 Å². The minimum absolute atomic E-state index is 0.0335. The summed E-state index contributed by atoms with van der Waals surface area (Å²) in [4.78, 5) is 18.1. The second kappa shape index (κ2) is 6.33. The van der Waals surface area contributed by atoms with E-state index < -0.39 is 0 Å². The summed E-state index contributed by atoms with van der Waals surface area (Å²) in [6.45, 7) is 11.3. The monoisotopic (exact) mass is 291 g/mol. The molecular formula is C16H25N3O2. The number of hydrogen-bond donors (Lipinski definition) is 1. The second-order valence-corrected chi connectivity index (χ2v) is 6.14. The van der Waals surface area contributed by atoms with Crippen LogP contribution < -0.4 is 15.0 Å². The number of fused-ring (bicyclic) bond motifs is 1. The Hall–Kier alpha value is -1.78. The first-order valence-corrected chi connectivity index (χ1v) is 7.57. The molecule has 2 heterocycles. The van der Waals surface area contributed by atoms with Crippen LogP contribution >= 0.6 is 0 Å². The van der Waals surface area contributed by atoms with Crippen molar-refractivity contribution in [1.82, 2.24) is 10.3 Å². The Kier molecular flexibility index (Phi) is 4.70. The van der Waals surface area contributed by atoms with E-state index in [9.17, 15) is 4.79 Å². The molecule has 116 valence electrons. The quantitative estimate of drug-likeness (QED) is 0.925. The van der Waals surface area contributed by atoms with Crippen LogP contribution in [0.4, 0.5) is 5.82 Å². The zero-order chi connectivity index (χ0) is 15.6. The summed E-state index contributed by atoms with van der Waals surface area (Å²) in [6.07, 6.45) is -0.0458. The lowest BCUT2D eigenvalue weighted by atomic mass is 10.1. The third-order valence-electron chi connectivity index (χ3n) is 3.62. The van der Waals surface area contributed by atoms with Crippen LogP contribution in [0.15, 0.2) is 12.1 Å². The predicted octanol–water partition coefficient (Wildman–Crippen LogP) is 2.32. The maximum atomic E-state index is 11.1. The molecule has 0 aromatic carbocycles. The highest BCUT2D eigenvalue weighted by atomic mass is 16.5. The van der Waals surface area contributed by atoms with Gasteiger partial charge >= 0.3 is 0 Å². The highest BCUT2D eigenvalue weighted by Crippen LogP contribution is 2.34. The number of nitrogens with zero attached hydrogens (tertiary/aromatic N) is 2. The minimum atomic E-state index is -0.0458. The lowest BCUT2D eigenvalue weighted by molar-refractivity contribution is -0.119. The molecule has 1 aliphatic heterocycles. The number of amides is 1. The standard InChI is InChI=1S/C16H25N3O2/c1-10(2)14-6-7-15-16(18-14)19(11(3)4)9-13(21-15)8-17-12(5)20/h6-7,10-11,13H,8-9H2,1-5H3,(H,17,20). The van der Waals surface area contributed by atoms with E-state index >= 15 is 0 Å². The number of carbonyl (C=O) groups is 1. The van der Waals surface area contributed by atoms with E-state index in [0.29, 0.717) is 18.5 Å². The summed E-state index contributed by atoms with van der Waals surface area (Å²) in [6, 6.07) is 4.35. The van der Waals surface area contributed by atoms with Gasteiger partial charge in [-0.25, -0.2) is 4.98 Å². The van der Waals surface area contributed by atoms with Crippen molar-refractivity contribution in [3.05, 3.63) is 17.8 Å². The molecule has 0 fully saturated rings. The molecule has 1 amide bonds. The maximum absolute atomic E-state index is 11.1. The lowest BCUT2D eigenvalue weighted by Gasteiger charge is -2.38. The highest BCUT2D eigenvalue weighted by molar-refractivity contribution is 5.72. The fraction of sp³-hybridized carbons (Fsp3) is 0.625. The fourth-order valence-corrected chi connectivity index (χ4v) is 2.41. The molecule has 0 saturated heterocycles. The van der Waals surface area contributed by atoms with Crippen molar-refractivity contribution in [3.8, 4) is 5.75 Å². The molecule has 1 aliphatic rings. The third-order valence-corrected chi connectivity index (χ3v) is 3.62. The van der Waals surface area contributed by atoms with Gasteiger partial charge in [0.05, 0.1) is 13.1 Å². The summed E-state index contributed by atoms with van der Waals surface area (Å²) in [5, 5.41) is 2.82. The van der Waals surface area contributed by atoms with Crippen LogP contribution in [0.2, 0.25) is 0 Å². The molecule has 0 aliphatic carbocycles. The largest absolute Gasteiger partial charge is 0.483 e. The SMILES string of the molecule is CC(=O)NCC1CN(C(C)C)c2nc(C(C)C)ccc2O1. The number of ether oxygens (including phenoxy) is 1. The minimum Gasteiger partial charge on any atom is -0.483 e. The Labute approximate surface area is 126 Å². The van der Waals surface area contributed by atoms with E-state index in [1.807, 2.05) is 12.1 Å². The molecule has 1 unspecified atom stereocenters. The number of anilines is 1. The Morgan fingerprint density at radius 2 is 2.14 bits per heavy atom. The summed E-state index contributed by atoms with van der Waals surface area (Å²) in [5.74, 6) is 2.07. The Morgan fingerprint density at radius 3 is 2.71 bits per heavy atom. The van der Waals surface area contributed by atoms with Crippen molar-refractivity contribution in [2.24, 2.45) is 0 Å². The molecule has 0 radical (unpaired) electrons. The molecule has 1 N–H and O–H groups in total. The zero-order valence-electron chi connectivity index (χ0n) is 13.5. The van der Waals surface area contributed by atoms with Gasteiger partial charge in [-0.15, -0.1) is 0 Å². The molecule has 0 spiro atoms. The van der Waals surface area contributed by atoms with E-state index in [4.69, 9.17) is 9.72 Å². The van der Waals surface area contributed by atoms with Gasteiger partial charge in [-0.05, 0) is 31.9 Å². The molecular weight excluding hydrogens is 266 g/mol. The van der Waals surface area contributed by atoms with Gasteiger partial charge in [0.1, 0.15) is 6.10 Å². The van der Waals surface area contributed by atoms with E-state index in [-0.39, 0.29) is 12.0 Å². The maximum Gasteiger partial charge on any atom is 0.217 e. The molecule has 5 heteroatoms. The highest BCUT2D eigenvalue weighted by Gasteiger charge is 2.29. The summed E-state index contributed by atoms with van der Waals surface area (Å²) >= 11 is 0. The average molecular weight is 291 g/mol. The first kappa shape index (κ1) is 15.6. The van der Waals surface area contributed by atoms with Crippen molar-refractivity contribution in [2.45, 2.75) is 52.7 Å². The van der Waals surface area contributed by atoms with Gasteiger partial charge in [0.25, 0.3) is 0 Å². The molecule has 5 nitrogen and oxygen atoms in total. The fourth-order valence-electron chi connectivity index (χ4n) is 2.41. The molecule has 0 bridgehead atoms. The van der Waals surface area contributed by atoms with Crippen molar-refractivity contribution >= 4 is 11.7 Å². The summed E-state index contributed by atoms with van der Waals surface area (Å²) in [5.41, 5.74) is 1.07. The van der Waals surface area contributed by atoms with Gasteiger partial charge < -0.3 is 15.0 Å². The number of hydrogen-bond acceptors (Lipinski definition) is 4. The van der Waals surface area contributed by atoms with Gasteiger partial charge in [0.15, 0.2) is 11.6 Å². The normalized spacial score (nSPS) is 17.7. The Balaban J connectivity index is 2.25. The number of pyridine rings is 1. The lowest BCUT2D eigenvalue weighted by Crippen LogP contribution is -2.48. The van der Waals surface area contributed by atoms with Crippen LogP contribution in [0, 0.1) is 0 Å². The van der Waals surface area contributed by atoms with Gasteiger partial charge in [0, 0.05) is 18.7 Å². The molecule has 21 heavy (non-hydrogen) atoms. The smallest absolute Gasteiger partial charge is 0.217 e.